The molecule has 0 unspecified atom stereocenters. The molecule has 0 atom stereocenters. The molecule has 0 saturated carbocycles. The number of nitrogens with one attached hydrogen (secondary N) is 1. The number of ether oxygens (including phenoxy) is 1. The van der Waals surface area contributed by atoms with Gasteiger partial charge in [0.1, 0.15) is 5.75 Å². The van der Waals surface area contributed by atoms with Crippen molar-refractivity contribution >= 4 is 32.4 Å². The minimum Gasteiger partial charge on any atom is -0.496 e. The lowest BCUT2D eigenvalue weighted by Gasteiger charge is -2.30. The molecule has 33 heavy (non-hydrogen) atoms. The van der Waals surface area contributed by atoms with Crippen molar-refractivity contribution in [2.45, 2.75) is 31.6 Å². The largest absolute Gasteiger partial charge is 0.496 e. The van der Waals surface area contributed by atoms with Crippen molar-refractivity contribution in [2.75, 3.05) is 25.5 Å². The third kappa shape index (κ3) is 5.10. The maximum Gasteiger partial charge on any atom is 0.243 e. The summed E-state index contributed by atoms with van der Waals surface area (Å²) >= 11 is 1.38. The Hall–Kier alpha value is -2.75. The summed E-state index contributed by atoms with van der Waals surface area (Å²) < 4.78 is 32.5. The molecule has 1 N–H and O–H groups in total. The van der Waals surface area contributed by atoms with E-state index in [0.717, 1.165) is 28.1 Å². The van der Waals surface area contributed by atoms with Gasteiger partial charge in [-0.2, -0.15) is 4.31 Å². The molecule has 0 aliphatic carbocycles. The van der Waals surface area contributed by atoms with Gasteiger partial charge < -0.3 is 10.1 Å². The second-order valence-electron chi connectivity index (χ2n) is 8.20. The quantitative estimate of drug-likeness (QED) is 0.556. The van der Waals surface area contributed by atoms with Crippen LogP contribution in [0.15, 0.2) is 52.7 Å². The number of anilines is 1. The van der Waals surface area contributed by atoms with Gasteiger partial charge in [-0.3, -0.25) is 4.79 Å². The Morgan fingerprint density at radius 2 is 1.82 bits per heavy atom. The molecule has 2 heterocycles. The Labute approximate surface area is 198 Å². The lowest BCUT2D eigenvalue weighted by Crippen LogP contribution is -2.41. The van der Waals surface area contributed by atoms with Crippen LogP contribution in [0, 0.1) is 19.8 Å². The summed E-state index contributed by atoms with van der Waals surface area (Å²) in [7, 11) is -1.90. The summed E-state index contributed by atoms with van der Waals surface area (Å²) in [6, 6.07) is 12.7. The highest BCUT2D eigenvalue weighted by Crippen LogP contribution is 2.30. The monoisotopic (exact) mass is 485 g/mol. The number of amides is 1. The third-order valence-corrected chi connectivity index (χ3v) is 8.58. The Balaban J connectivity index is 1.36. The number of thiazole rings is 1. The highest BCUT2D eigenvalue weighted by atomic mass is 32.2. The third-order valence-electron chi connectivity index (χ3n) is 5.91. The number of piperidine rings is 1. The molecule has 1 aromatic heterocycles. The number of methoxy groups -OCH3 is 1. The van der Waals surface area contributed by atoms with Crippen LogP contribution >= 0.6 is 11.3 Å². The van der Waals surface area contributed by atoms with Gasteiger partial charge in [0.15, 0.2) is 5.13 Å². The van der Waals surface area contributed by atoms with Crippen molar-refractivity contribution in [1.29, 1.82) is 0 Å². The van der Waals surface area contributed by atoms with Gasteiger partial charge >= 0.3 is 0 Å². The zero-order valence-electron chi connectivity index (χ0n) is 18.9. The van der Waals surface area contributed by atoms with Crippen molar-refractivity contribution in [3.8, 4) is 17.0 Å². The van der Waals surface area contributed by atoms with E-state index in [9.17, 15) is 13.2 Å². The fraction of sp³-hybridized carbons (Fsp3) is 0.333. The van der Waals surface area contributed by atoms with Crippen molar-refractivity contribution in [1.82, 2.24) is 9.29 Å². The minimum absolute atomic E-state index is 0.116. The highest BCUT2D eigenvalue weighted by Gasteiger charge is 2.32. The highest BCUT2D eigenvalue weighted by molar-refractivity contribution is 7.89. The summed E-state index contributed by atoms with van der Waals surface area (Å²) in [5.41, 5.74) is 3.78. The molecule has 174 valence electrons. The molecule has 3 aromatic rings. The predicted octanol–water partition coefficient (Wildman–Crippen LogP) is 4.47. The molecule has 0 radical (unpaired) electrons. The number of sulfonamides is 1. The number of benzene rings is 2. The lowest BCUT2D eigenvalue weighted by atomic mass is 9.97. The van der Waals surface area contributed by atoms with E-state index in [1.54, 1.807) is 31.4 Å². The molecule has 1 amide bonds. The predicted molar refractivity (Wildman–Crippen MR) is 130 cm³/mol. The van der Waals surface area contributed by atoms with Crippen LogP contribution in [0.3, 0.4) is 0 Å². The fourth-order valence-corrected chi connectivity index (χ4v) is 6.12. The van der Waals surface area contributed by atoms with E-state index in [1.165, 1.54) is 15.6 Å². The van der Waals surface area contributed by atoms with Crippen molar-refractivity contribution < 1.29 is 17.9 Å². The topological polar surface area (TPSA) is 88.6 Å². The van der Waals surface area contributed by atoms with Crippen LogP contribution in [0.1, 0.15) is 24.0 Å². The molecular weight excluding hydrogens is 458 g/mol. The van der Waals surface area contributed by atoms with Gasteiger partial charge in [-0.05, 0) is 62.6 Å². The molecule has 1 aliphatic rings. The van der Waals surface area contributed by atoms with Gasteiger partial charge in [-0.25, -0.2) is 13.4 Å². The van der Waals surface area contributed by atoms with Gasteiger partial charge in [0.05, 0.1) is 17.7 Å². The number of carbonyl (C=O) groups excluding carboxylic acids is 1. The molecule has 1 saturated heterocycles. The van der Waals surface area contributed by atoms with Crippen molar-refractivity contribution in [2.24, 2.45) is 5.92 Å². The van der Waals surface area contributed by atoms with Crippen LogP contribution in [-0.4, -0.2) is 43.8 Å². The summed E-state index contributed by atoms with van der Waals surface area (Å²) in [4.78, 5) is 17.6. The zero-order chi connectivity index (χ0) is 23.6. The fourth-order valence-electron chi connectivity index (χ4n) is 3.93. The second-order valence-corrected chi connectivity index (χ2v) is 11.0. The molecule has 2 aromatic carbocycles. The average molecular weight is 486 g/mol. The maximum absolute atomic E-state index is 12.9. The van der Waals surface area contributed by atoms with E-state index in [4.69, 9.17) is 4.74 Å². The Morgan fingerprint density at radius 1 is 1.12 bits per heavy atom. The van der Waals surface area contributed by atoms with Gasteiger partial charge in [-0.15, -0.1) is 11.3 Å². The van der Waals surface area contributed by atoms with Crippen LogP contribution in [0.2, 0.25) is 0 Å². The van der Waals surface area contributed by atoms with Gasteiger partial charge in [-0.1, -0.05) is 17.7 Å². The molecule has 1 aliphatic heterocycles. The number of hydrogen-bond donors (Lipinski definition) is 1. The molecule has 9 heteroatoms. The van der Waals surface area contributed by atoms with E-state index in [2.05, 4.69) is 10.3 Å². The molecule has 7 nitrogen and oxygen atoms in total. The first kappa shape index (κ1) is 23.4. The smallest absolute Gasteiger partial charge is 0.243 e. The molecule has 1 fully saturated rings. The lowest BCUT2D eigenvalue weighted by molar-refractivity contribution is -0.120. The maximum atomic E-state index is 12.9. The van der Waals surface area contributed by atoms with Crippen LogP contribution < -0.4 is 10.1 Å². The normalized spacial score (nSPS) is 15.4. The number of hydrogen-bond acceptors (Lipinski definition) is 6. The number of carbonyl (C=O) groups is 1. The first-order valence-corrected chi connectivity index (χ1v) is 13.1. The van der Waals surface area contributed by atoms with Crippen LogP contribution in [0.5, 0.6) is 5.75 Å². The number of rotatable bonds is 6. The SMILES string of the molecule is COc1ccc(-c2csc(NC(=O)C3CCN(S(=O)(=O)c4ccc(C)cc4)CC3)n2)cc1C. The van der Waals surface area contributed by atoms with E-state index in [1.807, 2.05) is 37.4 Å². The molecule has 0 bridgehead atoms. The molecule has 0 spiro atoms. The van der Waals surface area contributed by atoms with E-state index in [-0.39, 0.29) is 11.8 Å². The number of nitrogens with zero attached hydrogens (tertiary/aromatic N) is 2. The summed E-state index contributed by atoms with van der Waals surface area (Å²) in [5, 5.41) is 5.36. The van der Waals surface area contributed by atoms with Crippen LogP contribution in [0.4, 0.5) is 5.13 Å². The molecular formula is C24H27N3O4S2. The van der Waals surface area contributed by atoms with E-state index < -0.39 is 10.0 Å². The van der Waals surface area contributed by atoms with Crippen molar-refractivity contribution in [3.63, 3.8) is 0 Å². The molecule has 4 rings (SSSR count). The van der Waals surface area contributed by atoms with Gasteiger partial charge in [0, 0.05) is 30.0 Å². The first-order valence-electron chi connectivity index (χ1n) is 10.8. The minimum atomic E-state index is -3.54. The standard InChI is InChI=1S/C24H27N3O4S2/c1-16-4-7-20(8-5-16)33(29,30)27-12-10-18(11-13-27)23(28)26-24-25-21(15-32-24)19-6-9-22(31-3)17(2)14-19/h4-9,14-15,18H,10-13H2,1-3H3,(H,25,26,28). The van der Waals surface area contributed by atoms with Gasteiger partial charge in [0.2, 0.25) is 15.9 Å². The summed E-state index contributed by atoms with van der Waals surface area (Å²) in [5.74, 6) is 0.456. The Bertz CT molecular complexity index is 1240. The van der Waals surface area contributed by atoms with Crippen LogP contribution in [0.25, 0.3) is 11.3 Å². The zero-order valence-corrected chi connectivity index (χ0v) is 20.5. The van der Waals surface area contributed by atoms with E-state index in [0.29, 0.717) is 36.0 Å². The number of aromatic nitrogens is 1. The Morgan fingerprint density at radius 3 is 2.45 bits per heavy atom. The second kappa shape index (κ2) is 9.62. The van der Waals surface area contributed by atoms with Crippen LogP contribution in [-0.2, 0) is 14.8 Å². The summed E-state index contributed by atoms with van der Waals surface area (Å²) in [6.07, 6.45) is 0.958. The van der Waals surface area contributed by atoms with Gasteiger partial charge in [0.25, 0.3) is 0 Å². The Kier molecular flexibility index (Phi) is 6.83. The van der Waals surface area contributed by atoms with Crippen molar-refractivity contribution in [3.05, 3.63) is 59.0 Å². The average Bonchev–Trinajstić information content (AvgIpc) is 3.28. The first-order chi connectivity index (χ1) is 15.8. The van der Waals surface area contributed by atoms with E-state index >= 15 is 0 Å². The number of aryl methyl sites for hydroxylation is 2. The summed E-state index contributed by atoms with van der Waals surface area (Å²) in [6.45, 7) is 4.54.